The predicted octanol–water partition coefficient (Wildman–Crippen LogP) is 3.85. The first-order valence-electron chi connectivity index (χ1n) is 9.66. The number of amides is 1. The molecule has 3 aromatic rings. The van der Waals surface area contributed by atoms with Crippen molar-refractivity contribution in [1.29, 1.82) is 0 Å². The Kier molecular flexibility index (Phi) is 5.25. The molecule has 1 aliphatic rings. The van der Waals surface area contributed by atoms with E-state index in [9.17, 15) is 9.59 Å². The molecule has 1 aliphatic heterocycles. The Labute approximate surface area is 168 Å². The zero-order chi connectivity index (χ0) is 20.4. The average Bonchev–Trinajstić information content (AvgIpc) is 3.22. The van der Waals surface area contributed by atoms with Crippen molar-refractivity contribution in [2.24, 2.45) is 0 Å². The fraction of sp³-hybridized carbons (Fsp3) is 0.304. The maximum absolute atomic E-state index is 12.9. The van der Waals surface area contributed by atoms with E-state index >= 15 is 0 Å². The van der Waals surface area contributed by atoms with Gasteiger partial charge in [-0.25, -0.2) is 0 Å². The molecule has 1 amide bonds. The number of methoxy groups -OCH3 is 1. The lowest BCUT2D eigenvalue weighted by Crippen LogP contribution is -2.35. The summed E-state index contributed by atoms with van der Waals surface area (Å²) in [5, 5.41) is 2.11. The second-order valence-electron chi connectivity index (χ2n) is 7.16. The smallest absolute Gasteiger partial charge is 0.261 e. The van der Waals surface area contributed by atoms with E-state index < -0.39 is 0 Å². The number of carbonyl (C=O) groups excluding carboxylic acids is 1. The summed E-state index contributed by atoms with van der Waals surface area (Å²) in [5.74, 6) is 1.22. The van der Waals surface area contributed by atoms with Crippen molar-refractivity contribution in [3.8, 4) is 11.5 Å². The van der Waals surface area contributed by atoms with Crippen LogP contribution in [0.25, 0.3) is 10.8 Å². The molecule has 1 fully saturated rings. The van der Waals surface area contributed by atoms with Crippen molar-refractivity contribution in [1.82, 2.24) is 4.90 Å². The van der Waals surface area contributed by atoms with Crippen LogP contribution in [-0.4, -0.2) is 31.1 Å². The van der Waals surface area contributed by atoms with Gasteiger partial charge >= 0.3 is 0 Å². The Bertz CT molecular complexity index is 1100. The van der Waals surface area contributed by atoms with Gasteiger partial charge in [-0.15, -0.1) is 0 Å². The normalized spacial score (nSPS) is 16.2. The number of nitrogens with zero attached hydrogens (tertiary/aromatic N) is 1. The van der Waals surface area contributed by atoms with Crippen LogP contribution >= 0.6 is 0 Å². The molecule has 6 nitrogen and oxygen atoms in total. The van der Waals surface area contributed by atoms with Crippen LogP contribution in [0.5, 0.6) is 11.5 Å². The molecule has 1 aromatic heterocycles. The minimum Gasteiger partial charge on any atom is -0.496 e. The molecule has 0 N–H and O–H groups in total. The molecule has 1 atom stereocenters. The Morgan fingerprint density at radius 3 is 2.72 bits per heavy atom. The maximum Gasteiger partial charge on any atom is 0.261 e. The Hall–Kier alpha value is -3.28. The quantitative estimate of drug-likeness (QED) is 0.659. The van der Waals surface area contributed by atoms with Crippen molar-refractivity contribution in [3.63, 3.8) is 0 Å². The van der Waals surface area contributed by atoms with Gasteiger partial charge in [0.05, 0.1) is 13.2 Å². The van der Waals surface area contributed by atoms with E-state index in [-0.39, 0.29) is 29.7 Å². The van der Waals surface area contributed by atoms with Crippen LogP contribution in [0.15, 0.2) is 57.9 Å². The number of rotatable bonds is 5. The van der Waals surface area contributed by atoms with Gasteiger partial charge in [0, 0.05) is 18.0 Å². The largest absolute Gasteiger partial charge is 0.496 e. The number of fused-ring (bicyclic) bond motifs is 1. The Morgan fingerprint density at radius 2 is 1.97 bits per heavy atom. The molecule has 0 bridgehead atoms. The SMILES string of the molecule is COc1ccc([C@@H]2CCCN2C(=O)COc2coc(C)cc2=O)c2ccccc12. The molecular weight excluding hydrogens is 370 g/mol. The van der Waals surface area contributed by atoms with Crippen molar-refractivity contribution in [3.05, 3.63) is 70.3 Å². The summed E-state index contributed by atoms with van der Waals surface area (Å²) in [6.07, 6.45) is 3.06. The highest BCUT2D eigenvalue weighted by Gasteiger charge is 2.31. The first kappa shape index (κ1) is 19.1. The molecule has 0 saturated carbocycles. The first-order valence-corrected chi connectivity index (χ1v) is 9.66. The van der Waals surface area contributed by atoms with Crippen molar-refractivity contribution >= 4 is 16.7 Å². The molecule has 2 aromatic carbocycles. The van der Waals surface area contributed by atoms with Crippen LogP contribution < -0.4 is 14.9 Å². The number of benzene rings is 2. The third-order valence-corrected chi connectivity index (χ3v) is 5.35. The van der Waals surface area contributed by atoms with E-state index in [1.807, 2.05) is 35.2 Å². The second-order valence-corrected chi connectivity index (χ2v) is 7.16. The molecule has 6 heteroatoms. The lowest BCUT2D eigenvalue weighted by atomic mass is 9.96. The van der Waals surface area contributed by atoms with Gasteiger partial charge in [-0.2, -0.15) is 0 Å². The molecule has 4 rings (SSSR count). The van der Waals surface area contributed by atoms with Gasteiger partial charge in [0.2, 0.25) is 11.2 Å². The molecule has 0 spiro atoms. The molecule has 0 aliphatic carbocycles. The van der Waals surface area contributed by atoms with E-state index in [4.69, 9.17) is 13.9 Å². The van der Waals surface area contributed by atoms with Crippen molar-refractivity contribution in [2.45, 2.75) is 25.8 Å². The summed E-state index contributed by atoms with van der Waals surface area (Å²) in [4.78, 5) is 26.7. The van der Waals surface area contributed by atoms with Crippen LogP contribution in [0.4, 0.5) is 0 Å². The summed E-state index contributed by atoms with van der Waals surface area (Å²) in [7, 11) is 1.66. The summed E-state index contributed by atoms with van der Waals surface area (Å²) in [6, 6.07) is 13.4. The first-order chi connectivity index (χ1) is 14.1. The summed E-state index contributed by atoms with van der Waals surface area (Å²) in [6.45, 7) is 2.15. The van der Waals surface area contributed by atoms with Crippen LogP contribution in [0.3, 0.4) is 0 Å². The van der Waals surface area contributed by atoms with Gasteiger partial charge in [0.15, 0.2) is 6.61 Å². The fourth-order valence-corrected chi connectivity index (χ4v) is 3.97. The summed E-state index contributed by atoms with van der Waals surface area (Å²) >= 11 is 0. The lowest BCUT2D eigenvalue weighted by molar-refractivity contribution is -0.134. The van der Waals surface area contributed by atoms with Crippen LogP contribution in [0, 0.1) is 6.92 Å². The van der Waals surface area contributed by atoms with Crippen molar-refractivity contribution < 1.29 is 18.7 Å². The molecule has 29 heavy (non-hydrogen) atoms. The third kappa shape index (κ3) is 3.70. The van der Waals surface area contributed by atoms with E-state index in [0.29, 0.717) is 12.3 Å². The third-order valence-electron chi connectivity index (χ3n) is 5.35. The molecule has 150 valence electrons. The number of hydrogen-bond donors (Lipinski definition) is 0. The number of likely N-dealkylation sites (tertiary alicyclic amines) is 1. The monoisotopic (exact) mass is 393 g/mol. The predicted molar refractivity (Wildman–Crippen MR) is 109 cm³/mol. The minimum absolute atomic E-state index is 0.0312. The highest BCUT2D eigenvalue weighted by molar-refractivity contribution is 5.92. The maximum atomic E-state index is 12.9. The minimum atomic E-state index is -0.291. The number of aryl methyl sites for hydroxylation is 1. The van der Waals surface area contributed by atoms with Gasteiger partial charge in [-0.3, -0.25) is 9.59 Å². The zero-order valence-electron chi connectivity index (χ0n) is 16.5. The topological polar surface area (TPSA) is 69.0 Å². The highest BCUT2D eigenvalue weighted by Crippen LogP contribution is 2.38. The van der Waals surface area contributed by atoms with E-state index in [1.54, 1.807) is 14.0 Å². The van der Waals surface area contributed by atoms with E-state index in [2.05, 4.69) is 6.07 Å². The molecule has 2 heterocycles. The number of hydrogen-bond acceptors (Lipinski definition) is 5. The van der Waals surface area contributed by atoms with Gasteiger partial charge in [-0.1, -0.05) is 30.3 Å². The molecule has 0 unspecified atom stereocenters. The van der Waals surface area contributed by atoms with Crippen LogP contribution in [0.2, 0.25) is 0 Å². The van der Waals surface area contributed by atoms with Gasteiger partial charge in [0.25, 0.3) is 5.91 Å². The summed E-state index contributed by atoms with van der Waals surface area (Å²) in [5.41, 5.74) is 0.808. The average molecular weight is 393 g/mol. The number of carbonyl (C=O) groups is 1. The second kappa shape index (κ2) is 7.99. The highest BCUT2D eigenvalue weighted by atomic mass is 16.5. The van der Waals surface area contributed by atoms with Crippen LogP contribution in [-0.2, 0) is 4.79 Å². The van der Waals surface area contributed by atoms with Crippen LogP contribution in [0.1, 0.15) is 30.2 Å². The van der Waals surface area contributed by atoms with Gasteiger partial charge in [0.1, 0.15) is 17.8 Å². The molecule has 1 saturated heterocycles. The lowest BCUT2D eigenvalue weighted by Gasteiger charge is -2.26. The Morgan fingerprint density at radius 1 is 1.17 bits per heavy atom. The van der Waals surface area contributed by atoms with Gasteiger partial charge in [-0.05, 0) is 36.8 Å². The Balaban J connectivity index is 1.57. The fourth-order valence-electron chi connectivity index (χ4n) is 3.97. The summed E-state index contributed by atoms with van der Waals surface area (Å²) < 4.78 is 16.1. The molecular formula is C23H23NO5. The standard InChI is InChI=1S/C23H23NO5/c1-15-12-20(25)22(13-28-15)29-14-23(26)24-11-5-8-19(24)17-9-10-21(27-2)18-7-4-3-6-16(17)18/h3-4,6-7,9-10,12-13,19H,5,8,11,14H2,1-2H3/t19-/m0/s1. The van der Waals surface area contributed by atoms with Gasteiger partial charge < -0.3 is 18.8 Å². The van der Waals surface area contributed by atoms with E-state index in [1.165, 1.54) is 12.3 Å². The van der Waals surface area contributed by atoms with E-state index in [0.717, 1.165) is 34.9 Å². The van der Waals surface area contributed by atoms with Crippen molar-refractivity contribution in [2.75, 3.05) is 20.3 Å². The zero-order valence-corrected chi connectivity index (χ0v) is 16.5. The molecule has 0 radical (unpaired) electrons. The number of ether oxygens (including phenoxy) is 2.